The maximum Gasteiger partial charge on any atom is 0.244 e. The van der Waals surface area contributed by atoms with Crippen molar-refractivity contribution in [2.24, 2.45) is 0 Å². The second-order valence-corrected chi connectivity index (χ2v) is 9.95. The predicted octanol–water partition coefficient (Wildman–Crippen LogP) is 3.08. The maximum atomic E-state index is 13.2. The normalized spacial score (nSPS) is 20.9. The lowest BCUT2D eigenvalue weighted by Crippen LogP contribution is -2.31. The highest BCUT2D eigenvalue weighted by atomic mass is 32.2. The third kappa shape index (κ3) is 3.36. The fourth-order valence-corrected chi connectivity index (χ4v) is 6.70. The van der Waals surface area contributed by atoms with Gasteiger partial charge in [0, 0.05) is 25.1 Å². The highest BCUT2D eigenvalue weighted by Gasteiger charge is 2.37. The number of benzene rings is 2. The van der Waals surface area contributed by atoms with Gasteiger partial charge in [-0.1, -0.05) is 29.8 Å². The van der Waals surface area contributed by atoms with Crippen LogP contribution in [-0.2, 0) is 19.6 Å². The molecule has 2 heterocycles. The van der Waals surface area contributed by atoms with Crippen LogP contribution in [0.25, 0.3) is 0 Å². The third-order valence-corrected chi connectivity index (χ3v) is 8.24. The van der Waals surface area contributed by atoms with E-state index in [4.69, 9.17) is 0 Å². The van der Waals surface area contributed by atoms with Crippen LogP contribution in [0.4, 0.5) is 5.69 Å². The summed E-state index contributed by atoms with van der Waals surface area (Å²) in [5.41, 5.74) is 2.50. The Hall–Kier alpha value is -2.16. The SMILES string of the molecule is Cc1ccc(C2SCCN2S(=O)(=O)c2ccc(N3C(=O)CCC3=O)cc2)cc1. The summed E-state index contributed by atoms with van der Waals surface area (Å²) in [6.07, 6.45) is 0.393. The largest absolute Gasteiger partial charge is 0.274 e. The highest BCUT2D eigenvalue weighted by Crippen LogP contribution is 2.41. The molecule has 4 rings (SSSR count). The standard InChI is InChI=1S/C20H20N2O4S2/c1-14-2-4-15(5-3-14)20-21(12-13-27-20)28(25,26)17-8-6-16(7-9-17)22-18(23)10-11-19(22)24/h2-9,20H,10-13H2,1H3. The molecule has 0 aromatic heterocycles. The van der Waals surface area contributed by atoms with Crippen LogP contribution in [0.1, 0.15) is 29.3 Å². The Morgan fingerprint density at radius 2 is 1.54 bits per heavy atom. The van der Waals surface area contributed by atoms with Crippen molar-refractivity contribution < 1.29 is 18.0 Å². The Morgan fingerprint density at radius 3 is 2.14 bits per heavy atom. The lowest BCUT2D eigenvalue weighted by atomic mass is 10.1. The van der Waals surface area contributed by atoms with Gasteiger partial charge in [-0.3, -0.25) is 14.5 Å². The summed E-state index contributed by atoms with van der Waals surface area (Å²) in [4.78, 5) is 25.0. The molecule has 0 spiro atoms. The minimum atomic E-state index is -3.69. The number of imide groups is 1. The molecular weight excluding hydrogens is 396 g/mol. The van der Waals surface area contributed by atoms with E-state index in [0.717, 1.165) is 21.8 Å². The van der Waals surface area contributed by atoms with Crippen LogP contribution in [0.15, 0.2) is 53.4 Å². The van der Waals surface area contributed by atoms with E-state index >= 15 is 0 Å². The Bertz CT molecular complexity index is 1000. The Kier molecular flexibility index (Phi) is 5.03. The fraction of sp³-hybridized carbons (Fsp3) is 0.300. The second-order valence-electron chi connectivity index (χ2n) is 6.87. The fourth-order valence-electron chi connectivity index (χ4n) is 3.46. The van der Waals surface area contributed by atoms with E-state index in [1.165, 1.54) is 28.6 Å². The number of nitrogens with zero attached hydrogens (tertiary/aromatic N) is 2. The van der Waals surface area contributed by atoms with Crippen molar-refractivity contribution in [3.05, 3.63) is 59.7 Å². The van der Waals surface area contributed by atoms with Gasteiger partial charge in [0.1, 0.15) is 0 Å². The monoisotopic (exact) mass is 416 g/mol. The first-order valence-corrected chi connectivity index (χ1v) is 11.5. The smallest absolute Gasteiger partial charge is 0.244 e. The molecule has 1 atom stereocenters. The molecule has 8 heteroatoms. The molecule has 6 nitrogen and oxygen atoms in total. The van der Waals surface area contributed by atoms with Crippen molar-refractivity contribution in [3.63, 3.8) is 0 Å². The van der Waals surface area contributed by atoms with Gasteiger partial charge in [-0.2, -0.15) is 4.31 Å². The maximum absolute atomic E-state index is 13.2. The number of sulfonamides is 1. The molecule has 2 aromatic rings. The van der Waals surface area contributed by atoms with Gasteiger partial charge in [0.25, 0.3) is 0 Å². The highest BCUT2D eigenvalue weighted by molar-refractivity contribution is 8.01. The molecule has 2 saturated heterocycles. The summed E-state index contributed by atoms with van der Waals surface area (Å²) in [6.45, 7) is 2.44. The van der Waals surface area contributed by atoms with Crippen molar-refractivity contribution in [3.8, 4) is 0 Å². The van der Waals surface area contributed by atoms with E-state index in [0.29, 0.717) is 12.2 Å². The third-order valence-electron chi connectivity index (χ3n) is 4.96. The summed E-state index contributed by atoms with van der Waals surface area (Å²) in [7, 11) is -3.69. The second kappa shape index (κ2) is 7.35. The van der Waals surface area contributed by atoms with Crippen molar-refractivity contribution in [1.29, 1.82) is 0 Å². The van der Waals surface area contributed by atoms with Crippen molar-refractivity contribution in [2.75, 3.05) is 17.2 Å². The topological polar surface area (TPSA) is 74.8 Å². The molecule has 146 valence electrons. The molecule has 2 aromatic carbocycles. The molecule has 1 unspecified atom stereocenters. The van der Waals surface area contributed by atoms with Crippen LogP contribution in [0.5, 0.6) is 0 Å². The molecule has 28 heavy (non-hydrogen) atoms. The van der Waals surface area contributed by atoms with E-state index in [1.54, 1.807) is 11.8 Å². The van der Waals surface area contributed by atoms with Gasteiger partial charge in [-0.25, -0.2) is 8.42 Å². The van der Waals surface area contributed by atoms with Crippen LogP contribution in [0.2, 0.25) is 0 Å². The van der Waals surface area contributed by atoms with Crippen LogP contribution < -0.4 is 4.90 Å². The minimum absolute atomic E-state index is 0.162. The van der Waals surface area contributed by atoms with Crippen LogP contribution in [0.3, 0.4) is 0 Å². The molecule has 2 aliphatic heterocycles. The van der Waals surface area contributed by atoms with Gasteiger partial charge in [-0.05, 0) is 36.8 Å². The zero-order chi connectivity index (χ0) is 19.9. The van der Waals surface area contributed by atoms with Crippen molar-refractivity contribution in [1.82, 2.24) is 4.31 Å². The first-order chi connectivity index (χ1) is 13.4. The summed E-state index contributed by atoms with van der Waals surface area (Å²) >= 11 is 1.60. The molecule has 0 radical (unpaired) electrons. The molecule has 2 aliphatic rings. The van der Waals surface area contributed by atoms with Crippen LogP contribution >= 0.6 is 11.8 Å². The quantitative estimate of drug-likeness (QED) is 0.716. The van der Waals surface area contributed by atoms with Crippen molar-refractivity contribution >= 4 is 39.3 Å². The van der Waals surface area contributed by atoms with E-state index in [2.05, 4.69) is 0 Å². The Morgan fingerprint density at radius 1 is 0.929 bits per heavy atom. The number of hydrogen-bond donors (Lipinski definition) is 0. The molecule has 0 saturated carbocycles. The first kappa shape index (κ1) is 19.2. The van der Waals surface area contributed by atoms with E-state index in [9.17, 15) is 18.0 Å². The Balaban J connectivity index is 1.61. The van der Waals surface area contributed by atoms with E-state index < -0.39 is 10.0 Å². The number of anilines is 1. The van der Waals surface area contributed by atoms with Crippen LogP contribution in [-0.4, -0.2) is 36.8 Å². The lowest BCUT2D eigenvalue weighted by molar-refractivity contribution is -0.121. The number of carbonyl (C=O) groups excluding carboxylic acids is 2. The van der Waals surface area contributed by atoms with Gasteiger partial charge in [0.05, 0.1) is 16.0 Å². The minimum Gasteiger partial charge on any atom is -0.274 e. The summed E-state index contributed by atoms with van der Waals surface area (Å²) in [5, 5.41) is -0.257. The first-order valence-electron chi connectivity index (χ1n) is 9.04. The molecule has 0 bridgehead atoms. The van der Waals surface area contributed by atoms with E-state index in [1.807, 2.05) is 31.2 Å². The predicted molar refractivity (Wildman–Crippen MR) is 108 cm³/mol. The average Bonchev–Trinajstić information content (AvgIpc) is 3.30. The van der Waals surface area contributed by atoms with Gasteiger partial charge >= 0.3 is 0 Å². The summed E-state index contributed by atoms with van der Waals surface area (Å²) in [6, 6.07) is 13.9. The molecule has 0 N–H and O–H groups in total. The lowest BCUT2D eigenvalue weighted by Gasteiger charge is -2.24. The van der Waals surface area contributed by atoms with Gasteiger partial charge in [0.15, 0.2) is 0 Å². The molecular formula is C20H20N2O4S2. The molecule has 2 fully saturated rings. The van der Waals surface area contributed by atoms with Crippen LogP contribution in [0, 0.1) is 6.92 Å². The molecule has 2 amide bonds. The number of hydrogen-bond acceptors (Lipinski definition) is 5. The number of carbonyl (C=O) groups is 2. The van der Waals surface area contributed by atoms with Gasteiger partial charge in [0.2, 0.25) is 21.8 Å². The summed E-state index contributed by atoms with van der Waals surface area (Å²) in [5.74, 6) is 0.221. The number of rotatable bonds is 4. The van der Waals surface area contributed by atoms with E-state index in [-0.39, 0.29) is 34.9 Å². The zero-order valence-electron chi connectivity index (χ0n) is 15.4. The van der Waals surface area contributed by atoms with Crippen molar-refractivity contribution in [2.45, 2.75) is 30.0 Å². The number of thioether (sulfide) groups is 1. The molecule has 0 aliphatic carbocycles. The number of aryl methyl sites for hydroxylation is 1. The summed E-state index contributed by atoms with van der Waals surface area (Å²) < 4.78 is 27.9. The zero-order valence-corrected chi connectivity index (χ0v) is 17.0. The van der Waals surface area contributed by atoms with Gasteiger partial charge < -0.3 is 0 Å². The Labute approximate surface area is 168 Å². The average molecular weight is 417 g/mol. The number of amides is 2. The van der Waals surface area contributed by atoms with Gasteiger partial charge in [-0.15, -0.1) is 11.8 Å².